The number of fused-ring (bicyclic) bond motifs is 1. The first-order valence-electron chi connectivity index (χ1n) is 14.0. The first kappa shape index (κ1) is 28.8. The number of rotatable bonds is 10. The molecule has 2 saturated heterocycles. The quantitative estimate of drug-likeness (QED) is 0.306. The van der Waals surface area contributed by atoms with E-state index in [0.29, 0.717) is 43.2 Å². The van der Waals surface area contributed by atoms with Crippen LogP contribution in [-0.2, 0) is 11.2 Å². The van der Waals surface area contributed by atoms with Gasteiger partial charge in [0.2, 0.25) is 0 Å². The molecule has 0 amide bonds. The maximum Gasteiger partial charge on any atom is 0.401 e. The molecular weight excluding hydrogens is 526 g/mol. The summed E-state index contributed by atoms with van der Waals surface area (Å²) in [5.74, 6) is 0.645. The van der Waals surface area contributed by atoms with Crippen molar-refractivity contribution in [3.63, 3.8) is 0 Å². The fraction of sp³-hybridized carbons (Fsp3) is 0.586. The molecule has 4 heterocycles. The third-order valence-corrected chi connectivity index (χ3v) is 8.05. The number of hydrogen-bond acceptors (Lipinski definition) is 7. The maximum absolute atomic E-state index is 13.7. The molecule has 1 aromatic heterocycles. The molecule has 3 aliphatic heterocycles. The number of anilines is 1. The number of alkyl halides is 4. The van der Waals surface area contributed by atoms with Gasteiger partial charge in [0, 0.05) is 55.7 Å². The zero-order valence-corrected chi connectivity index (χ0v) is 22.7. The molecule has 3 atom stereocenters. The lowest BCUT2D eigenvalue weighted by molar-refractivity contribution is -0.155. The van der Waals surface area contributed by atoms with Crippen molar-refractivity contribution in [3.05, 3.63) is 52.8 Å². The van der Waals surface area contributed by atoms with Gasteiger partial charge in [-0.1, -0.05) is 6.07 Å². The molecule has 3 aliphatic rings. The van der Waals surface area contributed by atoms with Gasteiger partial charge in [-0.2, -0.15) is 13.2 Å². The van der Waals surface area contributed by atoms with Crippen LogP contribution in [0.2, 0.25) is 0 Å². The second-order valence-corrected chi connectivity index (χ2v) is 11.0. The Bertz CT molecular complexity index is 1150. The van der Waals surface area contributed by atoms with Crippen LogP contribution in [0.1, 0.15) is 54.6 Å². The lowest BCUT2D eigenvalue weighted by Crippen LogP contribution is -2.49. The summed E-state index contributed by atoms with van der Waals surface area (Å²) in [6.07, 6.45) is 1.62. The Labute approximate surface area is 232 Å². The summed E-state index contributed by atoms with van der Waals surface area (Å²) in [7, 11) is 0. The zero-order chi connectivity index (χ0) is 28.3. The molecule has 0 bridgehead atoms. The Hall–Kier alpha value is -2.76. The summed E-state index contributed by atoms with van der Waals surface area (Å²) in [4.78, 5) is 8.12. The second-order valence-electron chi connectivity index (χ2n) is 11.0. The highest BCUT2D eigenvalue weighted by atomic mass is 19.4. The molecule has 2 aromatic rings. The summed E-state index contributed by atoms with van der Waals surface area (Å²) < 4.78 is 65.5. The Morgan fingerprint density at radius 2 is 2.02 bits per heavy atom. The van der Waals surface area contributed by atoms with Gasteiger partial charge >= 0.3 is 6.18 Å². The van der Waals surface area contributed by atoms with Crippen LogP contribution >= 0.6 is 0 Å². The van der Waals surface area contributed by atoms with Crippen molar-refractivity contribution in [2.75, 3.05) is 51.4 Å². The van der Waals surface area contributed by atoms with E-state index in [-0.39, 0.29) is 18.8 Å². The Morgan fingerprint density at radius 1 is 1.20 bits per heavy atom. The molecule has 1 aromatic carbocycles. The number of benzene rings is 1. The Balaban J connectivity index is 1.39. The van der Waals surface area contributed by atoms with Crippen molar-refractivity contribution in [1.29, 1.82) is 5.41 Å². The smallest absolute Gasteiger partial charge is 0.401 e. The number of likely N-dealkylation sites (tertiary alicyclic amines) is 1. The minimum atomic E-state index is -4.38. The summed E-state index contributed by atoms with van der Waals surface area (Å²) >= 11 is 0. The minimum Gasteiger partial charge on any atom is -0.491 e. The molecule has 0 spiro atoms. The number of hydrogen-bond donors (Lipinski definition) is 2. The number of nitrogens with one attached hydrogen (secondary N) is 2. The standard InChI is InChI=1S/C29H37F4N5O2/c1-19-12-23-22(6-8-25(24(23)14-34)36-27-4-2-3-10-40-27)28(38(19)18-29(31,32)33)26-7-5-21(15-35-26)39-11-9-37-16-20(13-30)17-37/h5-8,14-15,19-20,27-28,34,36H,2-4,9-13,16-18H2,1H3/t19-,27?,28+/m1/s1. The minimum absolute atomic E-state index is 0.113. The molecule has 2 N–H and O–H groups in total. The summed E-state index contributed by atoms with van der Waals surface area (Å²) in [6, 6.07) is 6.00. The van der Waals surface area contributed by atoms with Crippen LogP contribution in [0.15, 0.2) is 30.5 Å². The molecule has 11 heteroatoms. The largest absolute Gasteiger partial charge is 0.491 e. The molecule has 0 aliphatic carbocycles. The number of aromatic nitrogens is 1. The topological polar surface area (TPSA) is 73.7 Å². The second kappa shape index (κ2) is 12.4. The van der Waals surface area contributed by atoms with Crippen molar-refractivity contribution in [2.24, 2.45) is 5.92 Å². The van der Waals surface area contributed by atoms with Crippen molar-refractivity contribution >= 4 is 11.9 Å². The van der Waals surface area contributed by atoms with Crippen molar-refractivity contribution < 1.29 is 27.0 Å². The Kier molecular flexibility index (Phi) is 8.92. The van der Waals surface area contributed by atoms with Crippen LogP contribution in [0.4, 0.5) is 23.2 Å². The van der Waals surface area contributed by atoms with Gasteiger partial charge in [0.15, 0.2) is 0 Å². The fourth-order valence-electron chi connectivity index (χ4n) is 6.00. The van der Waals surface area contributed by atoms with Gasteiger partial charge in [-0.25, -0.2) is 0 Å². The van der Waals surface area contributed by atoms with Crippen LogP contribution in [-0.4, -0.2) is 85.5 Å². The number of halogens is 4. The number of nitrogens with zero attached hydrogens (tertiary/aromatic N) is 3. The summed E-state index contributed by atoms with van der Waals surface area (Å²) in [5, 5.41) is 11.6. The average Bonchev–Trinajstić information content (AvgIpc) is 2.91. The van der Waals surface area contributed by atoms with Gasteiger partial charge in [-0.05, 0) is 61.9 Å². The highest BCUT2D eigenvalue weighted by molar-refractivity contribution is 5.89. The van der Waals surface area contributed by atoms with E-state index < -0.39 is 24.8 Å². The lowest BCUT2D eigenvalue weighted by atomic mass is 9.83. The van der Waals surface area contributed by atoms with Crippen LogP contribution < -0.4 is 10.1 Å². The van der Waals surface area contributed by atoms with Crippen molar-refractivity contribution in [1.82, 2.24) is 14.8 Å². The monoisotopic (exact) mass is 563 g/mol. The van der Waals surface area contributed by atoms with Gasteiger partial charge in [-0.3, -0.25) is 19.2 Å². The molecule has 5 rings (SSSR count). The van der Waals surface area contributed by atoms with Gasteiger partial charge in [0.25, 0.3) is 0 Å². The molecule has 1 unspecified atom stereocenters. The molecule has 40 heavy (non-hydrogen) atoms. The Morgan fingerprint density at radius 3 is 2.67 bits per heavy atom. The zero-order valence-electron chi connectivity index (χ0n) is 22.7. The predicted molar refractivity (Wildman–Crippen MR) is 145 cm³/mol. The highest BCUT2D eigenvalue weighted by Gasteiger charge is 2.42. The van der Waals surface area contributed by atoms with E-state index in [9.17, 15) is 17.6 Å². The predicted octanol–water partition coefficient (Wildman–Crippen LogP) is 5.20. The van der Waals surface area contributed by atoms with Crippen LogP contribution in [0, 0.1) is 11.3 Å². The van der Waals surface area contributed by atoms with Crippen LogP contribution in [0.5, 0.6) is 5.75 Å². The van der Waals surface area contributed by atoms with E-state index in [1.54, 1.807) is 25.3 Å². The maximum atomic E-state index is 13.7. The van der Waals surface area contributed by atoms with Gasteiger partial charge in [-0.15, -0.1) is 0 Å². The summed E-state index contributed by atoms with van der Waals surface area (Å²) in [5.41, 5.74) is 3.50. The average molecular weight is 564 g/mol. The van der Waals surface area contributed by atoms with E-state index in [1.807, 2.05) is 12.1 Å². The van der Waals surface area contributed by atoms with Gasteiger partial charge < -0.3 is 20.2 Å². The first-order chi connectivity index (χ1) is 19.3. The van der Waals surface area contributed by atoms with E-state index in [4.69, 9.17) is 14.9 Å². The van der Waals surface area contributed by atoms with Crippen LogP contribution in [0.25, 0.3) is 0 Å². The summed E-state index contributed by atoms with van der Waals surface area (Å²) in [6.45, 7) is 3.67. The number of ether oxygens (including phenoxy) is 2. The van der Waals surface area contributed by atoms with Crippen LogP contribution in [0.3, 0.4) is 0 Å². The molecular formula is C29H37F4N5O2. The lowest BCUT2D eigenvalue weighted by Gasteiger charge is -2.42. The molecule has 2 fully saturated rings. The van der Waals surface area contributed by atoms with E-state index in [1.165, 1.54) is 11.1 Å². The molecule has 7 nitrogen and oxygen atoms in total. The molecule has 0 saturated carbocycles. The molecule has 0 radical (unpaired) electrons. The SMILES string of the molecule is C[C@@H]1Cc2c(ccc(NC3CCCCO3)c2C=N)[C@@H](c2ccc(OCCN3CC(CF)C3)cn2)N1CC(F)(F)F. The van der Waals surface area contributed by atoms with E-state index in [2.05, 4.69) is 15.2 Å². The third kappa shape index (κ3) is 6.58. The van der Waals surface area contributed by atoms with E-state index >= 15 is 0 Å². The highest BCUT2D eigenvalue weighted by Crippen LogP contribution is 2.42. The fourth-order valence-corrected chi connectivity index (χ4v) is 6.00. The van der Waals surface area contributed by atoms with Gasteiger partial charge in [0.05, 0.1) is 31.2 Å². The van der Waals surface area contributed by atoms with Crippen molar-refractivity contribution in [3.8, 4) is 5.75 Å². The normalized spacial score (nSPS) is 24.3. The number of pyridine rings is 1. The van der Waals surface area contributed by atoms with Crippen molar-refractivity contribution in [2.45, 2.75) is 57.1 Å². The third-order valence-electron chi connectivity index (χ3n) is 8.05. The molecule has 218 valence electrons. The van der Waals surface area contributed by atoms with Gasteiger partial charge in [0.1, 0.15) is 18.6 Å². The van der Waals surface area contributed by atoms with E-state index in [0.717, 1.165) is 49.2 Å². The first-order valence-corrected chi connectivity index (χ1v) is 14.0.